The quantitative estimate of drug-likeness (QED) is 0.633. The van der Waals surface area contributed by atoms with Crippen LogP contribution >= 0.6 is 0 Å². The lowest BCUT2D eigenvalue weighted by atomic mass is 9.98. The number of aliphatic carboxylic acids is 1. The van der Waals surface area contributed by atoms with Crippen LogP contribution < -0.4 is 5.32 Å². The molecule has 0 bridgehead atoms. The van der Waals surface area contributed by atoms with Crippen molar-refractivity contribution >= 4 is 17.3 Å². The molecule has 19 heavy (non-hydrogen) atoms. The summed E-state index contributed by atoms with van der Waals surface area (Å²) in [6, 6.07) is 2.87. The van der Waals surface area contributed by atoms with Crippen LogP contribution in [-0.4, -0.2) is 34.8 Å². The molecule has 1 aliphatic rings. The number of nitrogens with zero attached hydrogens (tertiary/aromatic N) is 1. The van der Waals surface area contributed by atoms with Gasteiger partial charge in [0.05, 0.1) is 17.6 Å². The van der Waals surface area contributed by atoms with Gasteiger partial charge in [0.1, 0.15) is 5.82 Å². The first kappa shape index (κ1) is 13.2. The van der Waals surface area contributed by atoms with Crippen LogP contribution in [0.5, 0.6) is 0 Å². The number of benzene rings is 1. The Bertz CT molecular complexity index is 528. The first-order chi connectivity index (χ1) is 8.93. The van der Waals surface area contributed by atoms with Crippen molar-refractivity contribution in [1.29, 1.82) is 0 Å². The molecule has 1 aromatic carbocycles. The highest BCUT2D eigenvalue weighted by Crippen LogP contribution is 2.27. The molecule has 1 aromatic rings. The minimum atomic E-state index is -1.37. The van der Waals surface area contributed by atoms with Gasteiger partial charge >= 0.3 is 5.97 Å². The van der Waals surface area contributed by atoms with E-state index in [1.54, 1.807) is 0 Å². The van der Waals surface area contributed by atoms with Crippen LogP contribution in [0.25, 0.3) is 0 Å². The highest BCUT2D eigenvalue weighted by atomic mass is 19.1. The van der Waals surface area contributed by atoms with Crippen molar-refractivity contribution in [2.75, 3.05) is 18.5 Å². The molecule has 1 unspecified atom stereocenters. The number of non-ortho nitro benzene ring substituents is 1. The van der Waals surface area contributed by atoms with Crippen LogP contribution in [0.15, 0.2) is 18.2 Å². The smallest absolute Gasteiger partial charge is 0.331 e. The zero-order valence-corrected chi connectivity index (χ0v) is 9.76. The Morgan fingerprint density at radius 3 is 2.79 bits per heavy atom. The molecule has 7 nitrogen and oxygen atoms in total. The zero-order valence-electron chi connectivity index (χ0n) is 9.76. The SMILES string of the molecule is O=C(O)C1(Nc2cc(F)cc([N+](=O)[O-])c2)CCOC1. The summed E-state index contributed by atoms with van der Waals surface area (Å²) in [4.78, 5) is 21.1. The second-order valence-corrected chi connectivity index (χ2v) is 4.27. The van der Waals surface area contributed by atoms with E-state index in [1.807, 2.05) is 0 Å². The molecule has 0 saturated carbocycles. The minimum Gasteiger partial charge on any atom is -0.479 e. The van der Waals surface area contributed by atoms with Crippen molar-refractivity contribution in [3.63, 3.8) is 0 Å². The van der Waals surface area contributed by atoms with E-state index in [9.17, 15) is 24.4 Å². The van der Waals surface area contributed by atoms with Crippen LogP contribution in [0.1, 0.15) is 6.42 Å². The van der Waals surface area contributed by atoms with E-state index < -0.39 is 27.9 Å². The third-order valence-corrected chi connectivity index (χ3v) is 2.91. The number of rotatable bonds is 4. The van der Waals surface area contributed by atoms with Crippen LogP contribution in [0.4, 0.5) is 15.8 Å². The second-order valence-electron chi connectivity index (χ2n) is 4.27. The minimum absolute atomic E-state index is 0.0413. The van der Waals surface area contributed by atoms with Crippen molar-refractivity contribution in [1.82, 2.24) is 0 Å². The van der Waals surface area contributed by atoms with E-state index in [-0.39, 0.29) is 25.3 Å². The van der Waals surface area contributed by atoms with E-state index in [2.05, 4.69) is 5.32 Å². The Morgan fingerprint density at radius 1 is 1.53 bits per heavy atom. The molecule has 1 fully saturated rings. The summed E-state index contributed by atoms with van der Waals surface area (Å²) in [6.07, 6.45) is 0.201. The van der Waals surface area contributed by atoms with Crippen molar-refractivity contribution in [3.8, 4) is 0 Å². The molecular weight excluding hydrogens is 259 g/mol. The number of halogens is 1. The molecular formula is C11H11FN2O5. The highest BCUT2D eigenvalue weighted by Gasteiger charge is 2.42. The number of carbonyl (C=O) groups is 1. The lowest BCUT2D eigenvalue weighted by Crippen LogP contribution is -2.47. The van der Waals surface area contributed by atoms with Gasteiger partial charge in [0.2, 0.25) is 0 Å². The lowest BCUT2D eigenvalue weighted by Gasteiger charge is -2.24. The highest BCUT2D eigenvalue weighted by molar-refractivity contribution is 5.83. The summed E-state index contributed by atoms with van der Waals surface area (Å²) in [7, 11) is 0. The van der Waals surface area contributed by atoms with Crippen molar-refractivity contribution in [3.05, 3.63) is 34.1 Å². The Morgan fingerprint density at radius 2 is 2.26 bits per heavy atom. The van der Waals surface area contributed by atoms with Gasteiger partial charge in [-0.2, -0.15) is 0 Å². The number of ether oxygens (including phenoxy) is 1. The van der Waals surface area contributed by atoms with Gasteiger partial charge < -0.3 is 15.2 Å². The number of hydrogen-bond donors (Lipinski definition) is 2. The molecule has 0 amide bonds. The van der Waals surface area contributed by atoms with Crippen molar-refractivity contribution in [2.45, 2.75) is 12.0 Å². The standard InChI is InChI=1S/C11H11FN2O5/c12-7-3-8(5-9(4-7)14(17)18)13-11(10(15)16)1-2-19-6-11/h3-5,13H,1-2,6H2,(H,15,16). The number of carboxylic acid groups (broad SMARTS) is 1. The Labute approximate surface area is 107 Å². The van der Waals surface area contributed by atoms with E-state index >= 15 is 0 Å². The van der Waals surface area contributed by atoms with Gasteiger partial charge in [-0.05, 0) is 6.07 Å². The van der Waals surface area contributed by atoms with Gasteiger partial charge in [-0.15, -0.1) is 0 Å². The molecule has 1 saturated heterocycles. The monoisotopic (exact) mass is 270 g/mol. The maximum absolute atomic E-state index is 13.3. The molecule has 0 spiro atoms. The Balaban J connectivity index is 2.32. The van der Waals surface area contributed by atoms with Crippen LogP contribution in [-0.2, 0) is 9.53 Å². The molecule has 1 aliphatic heterocycles. The van der Waals surface area contributed by atoms with Gasteiger partial charge in [-0.1, -0.05) is 0 Å². The number of nitro groups is 1. The number of hydrogen-bond acceptors (Lipinski definition) is 5. The summed E-state index contributed by atoms with van der Waals surface area (Å²) in [6.45, 7) is 0.184. The van der Waals surface area contributed by atoms with Crippen molar-refractivity contribution in [2.24, 2.45) is 0 Å². The predicted octanol–water partition coefficient (Wildman–Crippen LogP) is 1.39. The van der Waals surface area contributed by atoms with E-state index in [1.165, 1.54) is 0 Å². The Hall–Kier alpha value is -2.22. The molecule has 102 valence electrons. The van der Waals surface area contributed by atoms with Crippen molar-refractivity contribution < 1.29 is 24.0 Å². The van der Waals surface area contributed by atoms with Gasteiger partial charge in [0, 0.05) is 24.8 Å². The molecule has 2 rings (SSSR count). The molecule has 1 heterocycles. The fraction of sp³-hybridized carbons (Fsp3) is 0.364. The van der Waals surface area contributed by atoms with Gasteiger partial charge in [-0.3, -0.25) is 10.1 Å². The fourth-order valence-corrected chi connectivity index (χ4v) is 1.91. The summed E-state index contributed by atoms with van der Waals surface area (Å²) in [5, 5.41) is 22.5. The molecule has 0 aromatic heterocycles. The van der Waals surface area contributed by atoms with E-state index in [0.29, 0.717) is 0 Å². The van der Waals surface area contributed by atoms with Crippen LogP contribution in [0.3, 0.4) is 0 Å². The van der Waals surface area contributed by atoms with Crippen LogP contribution in [0, 0.1) is 15.9 Å². The largest absolute Gasteiger partial charge is 0.479 e. The summed E-state index contributed by atoms with van der Waals surface area (Å²) < 4.78 is 18.3. The maximum Gasteiger partial charge on any atom is 0.331 e. The van der Waals surface area contributed by atoms with Gasteiger partial charge in [-0.25, -0.2) is 9.18 Å². The van der Waals surface area contributed by atoms with E-state index in [0.717, 1.165) is 18.2 Å². The van der Waals surface area contributed by atoms with Gasteiger partial charge in [0.15, 0.2) is 5.54 Å². The average molecular weight is 270 g/mol. The molecule has 8 heteroatoms. The number of carboxylic acids is 1. The first-order valence-electron chi connectivity index (χ1n) is 5.47. The Kier molecular flexibility index (Phi) is 3.34. The van der Waals surface area contributed by atoms with E-state index in [4.69, 9.17) is 4.74 Å². The molecule has 2 N–H and O–H groups in total. The third kappa shape index (κ3) is 2.63. The summed E-state index contributed by atoms with van der Waals surface area (Å²) in [5.74, 6) is -1.95. The zero-order chi connectivity index (χ0) is 14.0. The summed E-state index contributed by atoms with van der Waals surface area (Å²) >= 11 is 0. The maximum atomic E-state index is 13.3. The number of nitrogens with one attached hydrogen (secondary N) is 1. The molecule has 0 radical (unpaired) electrons. The second kappa shape index (κ2) is 4.81. The number of anilines is 1. The third-order valence-electron chi connectivity index (χ3n) is 2.91. The number of nitro benzene ring substituents is 1. The van der Waals surface area contributed by atoms with Gasteiger partial charge in [0.25, 0.3) is 5.69 Å². The lowest BCUT2D eigenvalue weighted by molar-refractivity contribution is -0.385. The average Bonchev–Trinajstić information content (AvgIpc) is 2.78. The molecule has 0 aliphatic carbocycles. The molecule has 1 atom stereocenters. The predicted molar refractivity (Wildman–Crippen MR) is 62.5 cm³/mol. The van der Waals surface area contributed by atoms with Crippen LogP contribution in [0.2, 0.25) is 0 Å². The first-order valence-corrected chi connectivity index (χ1v) is 5.47. The summed E-state index contributed by atoms with van der Waals surface area (Å²) in [5.41, 5.74) is -1.77. The fourth-order valence-electron chi connectivity index (χ4n) is 1.91. The normalized spacial score (nSPS) is 22.2. The topological polar surface area (TPSA) is 102 Å².